The molecule has 0 aliphatic rings. The minimum absolute atomic E-state index is 0.644. The molecular weight excluding hydrogens is 290 g/mol. The summed E-state index contributed by atoms with van der Waals surface area (Å²) in [6.07, 6.45) is 1.06. The van der Waals surface area contributed by atoms with Gasteiger partial charge in [-0.2, -0.15) is 0 Å². The fraction of sp³-hybridized carbons (Fsp3) is 0.611. The first-order valence-electron chi connectivity index (χ1n) is 8.22. The molecule has 5 nitrogen and oxygen atoms in total. The summed E-state index contributed by atoms with van der Waals surface area (Å²) < 4.78 is 11.0. The maximum absolute atomic E-state index is 5.97. The summed E-state index contributed by atoms with van der Waals surface area (Å²) in [5, 5.41) is 6.51. The molecule has 0 amide bonds. The minimum atomic E-state index is 0.644. The highest BCUT2D eigenvalue weighted by molar-refractivity contribution is 5.79. The number of aliphatic imine (C=N–C) groups is 1. The maximum Gasteiger partial charge on any atom is 0.191 e. The molecule has 0 spiro atoms. The van der Waals surface area contributed by atoms with Gasteiger partial charge in [0.1, 0.15) is 5.75 Å². The zero-order valence-electron chi connectivity index (χ0n) is 15.1. The number of hydrogen-bond donors (Lipinski definition) is 2. The Balaban J connectivity index is 2.60. The molecular formula is C18H31N3O2. The fourth-order valence-electron chi connectivity index (χ4n) is 2.02. The van der Waals surface area contributed by atoms with Gasteiger partial charge >= 0.3 is 0 Å². The zero-order valence-corrected chi connectivity index (χ0v) is 15.1. The Morgan fingerprint density at radius 3 is 2.65 bits per heavy atom. The van der Waals surface area contributed by atoms with Crippen LogP contribution in [0.15, 0.2) is 23.2 Å². The van der Waals surface area contributed by atoms with Crippen molar-refractivity contribution in [2.75, 3.05) is 33.9 Å². The molecule has 0 saturated carbocycles. The summed E-state index contributed by atoms with van der Waals surface area (Å²) >= 11 is 0. The molecule has 0 radical (unpaired) electrons. The molecule has 0 atom stereocenters. The molecule has 0 heterocycles. The molecule has 0 aliphatic heterocycles. The molecule has 0 aromatic heterocycles. The number of hydrogen-bond acceptors (Lipinski definition) is 3. The molecule has 0 unspecified atom stereocenters. The van der Waals surface area contributed by atoms with Gasteiger partial charge in [-0.25, -0.2) is 0 Å². The van der Waals surface area contributed by atoms with Crippen LogP contribution >= 0.6 is 0 Å². The van der Waals surface area contributed by atoms with E-state index < -0.39 is 0 Å². The number of guanidine groups is 1. The van der Waals surface area contributed by atoms with E-state index in [1.165, 1.54) is 5.56 Å². The summed E-state index contributed by atoms with van der Waals surface area (Å²) in [6.45, 7) is 9.28. The third-order valence-electron chi connectivity index (χ3n) is 3.44. The van der Waals surface area contributed by atoms with Crippen LogP contribution in [0.25, 0.3) is 0 Å². The zero-order chi connectivity index (χ0) is 17.1. The standard InChI is InChI=1S/C18H31N3O2/c1-14(2)8-10-23-17-12-15(3)6-7-16(17)13-21-18(19-4)20-9-11-22-5/h6-7,12,14H,8-11,13H2,1-5H3,(H2,19,20,21). The van der Waals surface area contributed by atoms with E-state index in [1.807, 2.05) is 0 Å². The molecule has 0 fully saturated rings. The Kier molecular flexibility index (Phi) is 9.14. The number of nitrogens with zero attached hydrogens (tertiary/aromatic N) is 1. The van der Waals surface area contributed by atoms with Gasteiger partial charge in [-0.05, 0) is 30.9 Å². The van der Waals surface area contributed by atoms with E-state index in [1.54, 1.807) is 14.2 Å². The molecule has 0 bridgehead atoms. The van der Waals surface area contributed by atoms with Gasteiger partial charge in [-0.1, -0.05) is 26.0 Å². The van der Waals surface area contributed by atoms with Crippen molar-refractivity contribution in [2.24, 2.45) is 10.9 Å². The largest absolute Gasteiger partial charge is 0.493 e. The number of aryl methyl sites for hydroxylation is 1. The number of nitrogens with one attached hydrogen (secondary N) is 2. The van der Waals surface area contributed by atoms with E-state index in [-0.39, 0.29) is 0 Å². The van der Waals surface area contributed by atoms with Gasteiger partial charge in [0.2, 0.25) is 0 Å². The van der Waals surface area contributed by atoms with Crippen LogP contribution in [-0.4, -0.2) is 39.9 Å². The second-order valence-corrected chi connectivity index (χ2v) is 5.99. The van der Waals surface area contributed by atoms with E-state index in [9.17, 15) is 0 Å². The number of methoxy groups -OCH3 is 1. The first kappa shape index (κ1) is 19.3. The molecule has 5 heteroatoms. The van der Waals surface area contributed by atoms with Crippen molar-refractivity contribution in [3.8, 4) is 5.75 Å². The van der Waals surface area contributed by atoms with Crippen molar-refractivity contribution in [1.82, 2.24) is 10.6 Å². The average molecular weight is 321 g/mol. The summed E-state index contributed by atoms with van der Waals surface area (Å²) in [7, 11) is 3.45. The van der Waals surface area contributed by atoms with Crippen LogP contribution in [0, 0.1) is 12.8 Å². The quantitative estimate of drug-likeness (QED) is 0.417. The molecule has 23 heavy (non-hydrogen) atoms. The number of ether oxygens (including phenoxy) is 2. The van der Waals surface area contributed by atoms with Crippen molar-refractivity contribution in [3.63, 3.8) is 0 Å². The van der Waals surface area contributed by atoms with Crippen LogP contribution in [0.2, 0.25) is 0 Å². The minimum Gasteiger partial charge on any atom is -0.493 e. The number of benzene rings is 1. The van der Waals surface area contributed by atoms with Crippen LogP contribution in [0.5, 0.6) is 5.75 Å². The van der Waals surface area contributed by atoms with E-state index in [2.05, 4.69) is 54.6 Å². The first-order valence-corrected chi connectivity index (χ1v) is 8.22. The lowest BCUT2D eigenvalue weighted by atomic mass is 10.1. The highest BCUT2D eigenvalue weighted by Crippen LogP contribution is 2.21. The van der Waals surface area contributed by atoms with Gasteiger partial charge in [-0.15, -0.1) is 0 Å². The third-order valence-corrected chi connectivity index (χ3v) is 3.44. The summed E-state index contributed by atoms with van der Waals surface area (Å²) in [5.74, 6) is 2.35. The molecule has 1 rings (SSSR count). The van der Waals surface area contributed by atoms with Crippen molar-refractivity contribution in [3.05, 3.63) is 29.3 Å². The molecule has 1 aromatic rings. The van der Waals surface area contributed by atoms with Crippen molar-refractivity contribution in [1.29, 1.82) is 0 Å². The maximum atomic E-state index is 5.97. The Morgan fingerprint density at radius 2 is 2.00 bits per heavy atom. The normalized spacial score (nSPS) is 11.7. The Labute approximate surface area is 140 Å². The third kappa shape index (κ3) is 7.88. The van der Waals surface area contributed by atoms with Crippen molar-refractivity contribution >= 4 is 5.96 Å². The predicted molar refractivity (Wildman–Crippen MR) is 96.2 cm³/mol. The molecule has 2 N–H and O–H groups in total. The van der Waals surface area contributed by atoms with Gasteiger partial charge in [0.25, 0.3) is 0 Å². The smallest absolute Gasteiger partial charge is 0.191 e. The Bertz CT molecular complexity index is 487. The summed E-state index contributed by atoms with van der Waals surface area (Å²) in [4.78, 5) is 4.21. The first-order chi connectivity index (χ1) is 11.1. The van der Waals surface area contributed by atoms with Crippen LogP contribution in [-0.2, 0) is 11.3 Å². The van der Waals surface area contributed by atoms with Gasteiger partial charge in [0, 0.05) is 32.8 Å². The van der Waals surface area contributed by atoms with Crippen LogP contribution < -0.4 is 15.4 Å². The predicted octanol–water partition coefficient (Wildman–Crippen LogP) is 2.73. The Morgan fingerprint density at radius 1 is 1.22 bits per heavy atom. The van der Waals surface area contributed by atoms with Crippen LogP contribution in [0.3, 0.4) is 0 Å². The van der Waals surface area contributed by atoms with Gasteiger partial charge in [-0.3, -0.25) is 4.99 Å². The van der Waals surface area contributed by atoms with Gasteiger partial charge < -0.3 is 20.1 Å². The molecule has 0 saturated heterocycles. The average Bonchev–Trinajstić information content (AvgIpc) is 2.52. The molecule has 0 aliphatic carbocycles. The second kappa shape index (κ2) is 10.9. The highest BCUT2D eigenvalue weighted by atomic mass is 16.5. The van der Waals surface area contributed by atoms with Gasteiger partial charge in [0.05, 0.1) is 13.2 Å². The lowest BCUT2D eigenvalue weighted by molar-refractivity contribution is 0.203. The van der Waals surface area contributed by atoms with E-state index in [4.69, 9.17) is 9.47 Å². The van der Waals surface area contributed by atoms with Crippen molar-refractivity contribution < 1.29 is 9.47 Å². The Hall–Kier alpha value is -1.75. The molecule has 130 valence electrons. The monoisotopic (exact) mass is 321 g/mol. The summed E-state index contributed by atoms with van der Waals surface area (Å²) in [6, 6.07) is 6.31. The summed E-state index contributed by atoms with van der Waals surface area (Å²) in [5.41, 5.74) is 2.34. The highest BCUT2D eigenvalue weighted by Gasteiger charge is 2.06. The number of rotatable bonds is 9. The topological polar surface area (TPSA) is 54.9 Å². The van der Waals surface area contributed by atoms with Crippen molar-refractivity contribution in [2.45, 2.75) is 33.7 Å². The lowest BCUT2D eigenvalue weighted by Gasteiger charge is -2.16. The van der Waals surface area contributed by atoms with E-state index in [0.717, 1.165) is 36.8 Å². The second-order valence-electron chi connectivity index (χ2n) is 5.99. The van der Waals surface area contributed by atoms with Gasteiger partial charge in [0.15, 0.2) is 5.96 Å². The SMILES string of the molecule is CN=C(NCCOC)NCc1ccc(C)cc1OCCC(C)C. The fourth-order valence-corrected chi connectivity index (χ4v) is 2.02. The van der Waals surface area contributed by atoms with Crippen LogP contribution in [0.4, 0.5) is 0 Å². The van der Waals surface area contributed by atoms with E-state index in [0.29, 0.717) is 19.1 Å². The lowest BCUT2D eigenvalue weighted by Crippen LogP contribution is -2.38. The molecule has 1 aromatic carbocycles. The van der Waals surface area contributed by atoms with E-state index >= 15 is 0 Å². The van der Waals surface area contributed by atoms with Crippen LogP contribution in [0.1, 0.15) is 31.4 Å².